The van der Waals surface area contributed by atoms with Gasteiger partial charge in [-0.3, -0.25) is 4.79 Å². The van der Waals surface area contributed by atoms with Crippen LogP contribution in [0.5, 0.6) is 17.2 Å². The van der Waals surface area contributed by atoms with Crippen LogP contribution >= 0.6 is 0 Å². The first kappa shape index (κ1) is 18.1. The molecule has 0 fully saturated rings. The van der Waals surface area contributed by atoms with Crippen molar-refractivity contribution < 1.29 is 19.0 Å². The van der Waals surface area contributed by atoms with Crippen LogP contribution in [0.4, 0.5) is 0 Å². The number of ether oxygens (including phenoxy) is 3. The summed E-state index contributed by atoms with van der Waals surface area (Å²) >= 11 is 0. The predicted octanol–water partition coefficient (Wildman–Crippen LogP) is 4.92. The van der Waals surface area contributed by atoms with E-state index in [0.717, 1.165) is 11.1 Å². The van der Waals surface area contributed by atoms with Gasteiger partial charge in [-0.15, -0.1) is 0 Å². The first-order chi connectivity index (χ1) is 12.5. The molecule has 1 atom stereocenters. The number of rotatable bonds is 5. The summed E-state index contributed by atoms with van der Waals surface area (Å²) < 4.78 is 17.3. The van der Waals surface area contributed by atoms with Crippen molar-refractivity contribution in [2.45, 2.75) is 32.8 Å². The first-order valence-corrected chi connectivity index (χ1v) is 8.71. The van der Waals surface area contributed by atoms with E-state index in [1.165, 1.54) is 5.57 Å². The average Bonchev–Trinajstić information content (AvgIpc) is 2.65. The first-order valence-electron chi connectivity index (χ1n) is 8.71. The molecule has 0 amide bonds. The number of hydrogen-bond donors (Lipinski definition) is 0. The van der Waals surface area contributed by atoms with Crippen LogP contribution in [0.15, 0.2) is 48.0 Å². The molecule has 0 aliphatic carbocycles. The average molecular weight is 352 g/mol. The molecule has 0 spiro atoms. The van der Waals surface area contributed by atoms with Gasteiger partial charge in [0.25, 0.3) is 0 Å². The molecule has 4 nitrogen and oxygen atoms in total. The van der Waals surface area contributed by atoms with Crippen molar-refractivity contribution in [3.8, 4) is 17.2 Å². The number of hydrogen-bond acceptors (Lipinski definition) is 4. The highest BCUT2D eigenvalue weighted by atomic mass is 16.5. The molecule has 0 unspecified atom stereocenters. The molecule has 0 aromatic heterocycles. The smallest absolute Gasteiger partial charge is 0.174 e. The van der Waals surface area contributed by atoms with Gasteiger partial charge in [-0.2, -0.15) is 0 Å². The Labute approximate surface area is 154 Å². The van der Waals surface area contributed by atoms with E-state index in [-0.39, 0.29) is 11.9 Å². The number of methoxy groups -OCH3 is 2. The molecule has 0 radical (unpaired) electrons. The summed E-state index contributed by atoms with van der Waals surface area (Å²) in [6.45, 7) is 4.09. The lowest BCUT2D eigenvalue weighted by atomic mass is 9.92. The molecule has 1 heterocycles. The minimum atomic E-state index is -0.307. The zero-order valence-electron chi connectivity index (χ0n) is 15.7. The number of Topliss-reactive ketones (excluding diaryl/α,β-unsaturated/α-hetero) is 1. The zero-order chi connectivity index (χ0) is 18.7. The van der Waals surface area contributed by atoms with Gasteiger partial charge in [0.2, 0.25) is 0 Å². The van der Waals surface area contributed by atoms with Gasteiger partial charge in [0.1, 0.15) is 28.9 Å². The van der Waals surface area contributed by atoms with Crippen LogP contribution < -0.4 is 14.2 Å². The van der Waals surface area contributed by atoms with Crippen LogP contribution in [-0.4, -0.2) is 20.0 Å². The topological polar surface area (TPSA) is 44.8 Å². The van der Waals surface area contributed by atoms with Crippen LogP contribution in [0.25, 0.3) is 0 Å². The highest BCUT2D eigenvalue weighted by Crippen LogP contribution is 2.46. The molecule has 0 saturated heterocycles. The second-order valence-corrected chi connectivity index (χ2v) is 6.59. The predicted molar refractivity (Wildman–Crippen MR) is 101 cm³/mol. The SMILES string of the molecule is COc1cc(OC)c2c(c1CC=C(C)C)O[C@H](c1ccccc1)CC2=O. The molecule has 0 saturated carbocycles. The van der Waals surface area contributed by atoms with Gasteiger partial charge < -0.3 is 14.2 Å². The Kier molecular flexibility index (Phi) is 5.31. The number of carbonyl (C=O) groups excluding carboxylic acids is 1. The summed E-state index contributed by atoms with van der Waals surface area (Å²) in [5.74, 6) is 1.76. The van der Waals surface area contributed by atoms with Crippen molar-refractivity contribution in [2.24, 2.45) is 0 Å². The Morgan fingerprint density at radius 1 is 1.15 bits per heavy atom. The fraction of sp³-hybridized carbons (Fsp3) is 0.318. The lowest BCUT2D eigenvalue weighted by Gasteiger charge is -2.29. The number of allylic oxidation sites excluding steroid dienone is 2. The summed E-state index contributed by atoms with van der Waals surface area (Å²) in [5.41, 5.74) is 3.57. The van der Waals surface area contributed by atoms with Gasteiger partial charge in [0, 0.05) is 11.6 Å². The molecule has 2 aromatic rings. The molecular weight excluding hydrogens is 328 g/mol. The Hall–Kier alpha value is -2.75. The van der Waals surface area contributed by atoms with E-state index in [0.29, 0.717) is 35.7 Å². The standard InChI is InChI=1S/C22H24O4/c1-14(2)10-11-16-19(24-3)13-20(25-4)21-17(23)12-18(26-22(16)21)15-8-6-5-7-9-15/h5-10,13,18H,11-12H2,1-4H3/t18-/m0/s1. The highest BCUT2D eigenvalue weighted by Gasteiger charge is 2.34. The van der Waals surface area contributed by atoms with E-state index in [1.807, 2.05) is 44.2 Å². The normalized spacial score (nSPS) is 15.7. The molecular formula is C22H24O4. The van der Waals surface area contributed by atoms with Crippen molar-refractivity contribution in [3.63, 3.8) is 0 Å². The number of benzene rings is 2. The Bertz CT molecular complexity index is 833. The number of carbonyl (C=O) groups is 1. The van der Waals surface area contributed by atoms with Crippen molar-refractivity contribution in [3.05, 3.63) is 64.7 Å². The van der Waals surface area contributed by atoms with Gasteiger partial charge >= 0.3 is 0 Å². The van der Waals surface area contributed by atoms with Crippen molar-refractivity contribution >= 4 is 5.78 Å². The number of ketones is 1. The van der Waals surface area contributed by atoms with E-state index in [9.17, 15) is 4.79 Å². The molecule has 2 aromatic carbocycles. The van der Waals surface area contributed by atoms with Crippen LogP contribution in [0.2, 0.25) is 0 Å². The quantitative estimate of drug-likeness (QED) is 0.717. The summed E-state index contributed by atoms with van der Waals surface area (Å²) in [5, 5.41) is 0. The fourth-order valence-electron chi connectivity index (χ4n) is 3.20. The highest BCUT2D eigenvalue weighted by molar-refractivity contribution is 6.03. The van der Waals surface area contributed by atoms with E-state index >= 15 is 0 Å². The third kappa shape index (κ3) is 3.45. The summed E-state index contributed by atoms with van der Waals surface area (Å²) in [7, 11) is 3.17. The Morgan fingerprint density at radius 3 is 2.46 bits per heavy atom. The molecule has 0 N–H and O–H groups in total. The number of fused-ring (bicyclic) bond motifs is 1. The largest absolute Gasteiger partial charge is 0.496 e. The van der Waals surface area contributed by atoms with E-state index in [1.54, 1.807) is 20.3 Å². The van der Waals surface area contributed by atoms with Crippen molar-refractivity contribution in [1.82, 2.24) is 0 Å². The maximum atomic E-state index is 12.9. The van der Waals surface area contributed by atoms with Crippen LogP contribution in [-0.2, 0) is 6.42 Å². The maximum absolute atomic E-state index is 12.9. The zero-order valence-corrected chi connectivity index (χ0v) is 15.7. The molecule has 1 aliphatic rings. The molecule has 0 bridgehead atoms. The van der Waals surface area contributed by atoms with E-state index in [4.69, 9.17) is 14.2 Å². The lowest BCUT2D eigenvalue weighted by molar-refractivity contribution is 0.0842. The van der Waals surface area contributed by atoms with Crippen LogP contribution in [0.3, 0.4) is 0 Å². The molecule has 136 valence electrons. The third-order valence-electron chi connectivity index (χ3n) is 4.54. The van der Waals surface area contributed by atoms with Gasteiger partial charge in [0.05, 0.1) is 20.6 Å². The summed E-state index contributed by atoms with van der Waals surface area (Å²) in [6, 6.07) is 11.6. The molecule has 1 aliphatic heterocycles. The van der Waals surface area contributed by atoms with Crippen LogP contribution in [0.1, 0.15) is 47.9 Å². The second kappa shape index (κ2) is 7.65. The van der Waals surface area contributed by atoms with Gasteiger partial charge in [-0.25, -0.2) is 0 Å². The minimum absolute atomic E-state index is 0.0260. The monoisotopic (exact) mass is 352 g/mol. The van der Waals surface area contributed by atoms with E-state index in [2.05, 4.69) is 6.08 Å². The lowest BCUT2D eigenvalue weighted by Crippen LogP contribution is -2.22. The maximum Gasteiger partial charge on any atom is 0.174 e. The van der Waals surface area contributed by atoms with Gasteiger partial charge in [0.15, 0.2) is 5.78 Å². The summed E-state index contributed by atoms with van der Waals surface area (Å²) in [4.78, 5) is 12.9. The Balaban J connectivity index is 2.14. The minimum Gasteiger partial charge on any atom is -0.496 e. The molecule has 26 heavy (non-hydrogen) atoms. The third-order valence-corrected chi connectivity index (χ3v) is 4.54. The summed E-state index contributed by atoms with van der Waals surface area (Å²) in [6.07, 6.45) is 2.72. The second-order valence-electron chi connectivity index (χ2n) is 6.59. The van der Waals surface area contributed by atoms with Crippen LogP contribution in [0, 0.1) is 0 Å². The fourth-order valence-corrected chi connectivity index (χ4v) is 3.20. The Morgan fingerprint density at radius 2 is 1.85 bits per heavy atom. The molecule has 4 heteroatoms. The van der Waals surface area contributed by atoms with Crippen molar-refractivity contribution in [2.75, 3.05) is 14.2 Å². The molecule has 3 rings (SSSR count). The van der Waals surface area contributed by atoms with Gasteiger partial charge in [-0.05, 0) is 25.8 Å². The van der Waals surface area contributed by atoms with Gasteiger partial charge in [-0.1, -0.05) is 42.0 Å². The van der Waals surface area contributed by atoms with E-state index < -0.39 is 0 Å². The van der Waals surface area contributed by atoms with Crippen molar-refractivity contribution in [1.29, 1.82) is 0 Å².